The van der Waals surface area contributed by atoms with Gasteiger partial charge in [0, 0.05) is 25.9 Å². The molecule has 0 unspecified atom stereocenters. The molecule has 1 aliphatic heterocycles. The van der Waals surface area contributed by atoms with Crippen molar-refractivity contribution >= 4 is 5.91 Å². The number of likely N-dealkylation sites (tertiary alicyclic amines) is 1. The Hall–Kier alpha value is -2.41. The van der Waals surface area contributed by atoms with Crippen LogP contribution in [0, 0.1) is 5.92 Å². The maximum absolute atomic E-state index is 12.5. The fraction of sp³-hybridized carbons (Fsp3) is 0.571. The van der Waals surface area contributed by atoms with Gasteiger partial charge in [0.15, 0.2) is 0 Å². The van der Waals surface area contributed by atoms with Gasteiger partial charge in [0.2, 0.25) is 17.6 Å². The summed E-state index contributed by atoms with van der Waals surface area (Å²) < 4.78 is 10.7. The van der Waals surface area contributed by atoms with E-state index in [9.17, 15) is 9.90 Å². The summed E-state index contributed by atoms with van der Waals surface area (Å²) in [6.45, 7) is 1.51. The van der Waals surface area contributed by atoms with Gasteiger partial charge in [-0.25, -0.2) is 0 Å². The molecular weight excluding hydrogens is 358 g/mol. The van der Waals surface area contributed by atoms with E-state index in [0.29, 0.717) is 42.6 Å². The summed E-state index contributed by atoms with van der Waals surface area (Å²) in [5.41, 5.74) is 0.364. The summed E-state index contributed by atoms with van der Waals surface area (Å²) in [6.07, 6.45) is 5.39. The second-order valence-corrected chi connectivity index (χ2v) is 7.82. The van der Waals surface area contributed by atoms with E-state index in [2.05, 4.69) is 10.1 Å². The third-order valence-electron chi connectivity index (χ3n) is 5.97. The summed E-state index contributed by atoms with van der Waals surface area (Å²) in [5, 5.41) is 14.3. The lowest BCUT2D eigenvalue weighted by molar-refractivity contribution is -0.133. The molecule has 1 aromatic heterocycles. The first-order valence-electron chi connectivity index (χ1n) is 10.1. The van der Waals surface area contributed by atoms with Gasteiger partial charge in [-0.15, -0.1) is 0 Å². The number of ether oxygens (including phenoxy) is 1. The van der Waals surface area contributed by atoms with Crippen LogP contribution in [0.2, 0.25) is 0 Å². The smallest absolute Gasteiger partial charge is 0.226 e. The zero-order valence-corrected chi connectivity index (χ0v) is 16.3. The number of piperidine rings is 1. The molecule has 2 aromatic rings. The molecule has 1 saturated carbocycles. The third-order valence-corrected chi connectivity index (χ3v) is 5.97. The maximum Gasteiger partial charge on any atom is 0.226 e. The van der Waals surface area contributed by atoms with Gasteiger partial charge in [0.05, 0.1) is 18.3 Å². The van der Waals surface area contributed by atoms with Crippen molar-refractivity contribution < 1.29 is 19.2 Å². The summed E-state index contributed by atoms with van der Waals surface area (Å²) in [6, 6.07) is 7.54. The van der Waals surface area contributed by atoms with Gasteiger partial charge in [-0.3, -0.25) is 4.79 Å². The van der Waals surface area contributed by atoms with Crippen LogP contribution in [-0.4, -0.2) is 51.9 Å². The number of amides is 1. The zero-order chi connectivity index (χ0) is 19.6. The number of carbonyl (C=O) groups excluding carboxylic acids is 1. The molecule has 28 heavy (non-hydrogen) atoms. The molecule has 2 fully saturated rings. The van der Waals surface area contributed by atoms with Gasteiger partial charge in [-0.1, -0.05) is 17.3 Å². The Balaban J connectivity index is 1.24. The minimum atomic E-state index is -0.424. The van der Waals surface area contributed by atoms with Crippen molar-refractivity contribution in [2.45, 2.75) is 50.5 Å². The maximum atomic E-state index is 12.5. The van der Waals surface area contributed by atoms with Crippen molar-refractivity contribution in [1.29, 1.82) is 0 Å². The van der Waals surface area contributed by atoms with Crippen LogP contribution in [0.4, 0.5) is 0 Å². The molecule has 0 atom stereocenters. The fourth-order valence-electron chi connectivity index (χ4n) is 4.05. The van der Waals surface area contributed by atoms with Crippen LogP contribution in [-0.2, 0) is 11.2 Å². The van der Waals surface area contributed by atoms with Crippen molar-refractivity contribution in [3.05, 3.63) is 30.2 Å². The Labute approximate surface area is 164 Å². The lowest BCUT2D eigenvalue weighted by atomic mass is 9.89. The SMILES string of the molecule is COc1ccccc1-c1noc(CCCC(=O)N2CCC(C3(O)CC3)CC2)n1. The number of benzene rings is 1. The number of aliphatic hydroxyl groups is 1. The Morgan fingerprint density at radius 1 is 1.32 bits per heavy atom. The van der Waals surface area contributed by atoms with Crippen molar-refractivity contribution in [3.8, 4) is 17.1 Å². The standard InChI is InChI=1S/C21H27N3O4/c1-27-17-6-3-2-5-16(17)20-22-18(28-23-20)7-4-8-19(25)24-13-9-15(10-14-24)21(26)11-12-21/h2-3,5-6,15,26H,4,7-14H2,1H3. The Bertz CT molecular complexity index is 823. The predicted molar refractivity (Wildman–Crippen MR) is 103 cm³/mol. The largest absolute Gasteiger partial charge is 0.496 e. The zero-order valence-electron chi connectivity index (χ0n) is 16.3. The van der Waals surface area contributed by atoms with Crippen LogP contribution in [0.3, 0.4) is 0 Å². The van der Waals surface area contributed by atoms with E-state index in [0.717, 1.165) is 44.3 Å². The van der Waals surface area contributed by atoms with Crippen LogP contribution in [0.15, 0.2) is 28.8 Å². The van der Waals surface area contributed by atoms with E-state index in [-0.39, 0.29) is 5.91 Å². The summed E-state index contributed by atoms with van der Waals surface area (Å²) in [5.74, 6) is 2.26. The highest BCUT2D eigenvalue weighted by Crippen LogP contribution is 2.46. The molecule has 1 aromatic carbocycles. The predicted octanol–water partition coefficient (Wildman–Crippen LogP) is 2.83. The molecule has 0 spiro atoms. The van der Waals surface area contributed by atoms with Crippen LogP contribution in [0.25, 0.3) is 11.4 Å². The van der Waals surface area contributed by atoms with Crippen LogP contribution >= 0.6 is 0 Å². The van der Waals surface area contributed by atoms with Crippen LogP contribution in [0.1, 0.15) is 44.4 Å². The number of aryl methyl sites for hydroxylation is 1. The number of nitrogens with zero attached hydrogens (tertiary/aromatic N) is 3. The van der Waals surface area contributed by atoms with Gasteiger partial charge < -0.3 is 19.3 Å². The number of carbonyl (C=O) groups is 1. The number of para-hydroxylation sites is 1. The van der Waals surface area contributed by atoms with E-state index in [1.54, 1.807) is 7.11 Å². The monoisotopic (exact) mass is 385 g/mol. The fourth-order valence-corrected chi connectivity index (χ4v) is 4.05. The lowest BCUT2D eigenvalue weighted by Crippen LogP contribution is -2.41. The molecule has 2 aliphatic rings. The number of aromatic nitrogens is 2. The van der Waals surface area contributed by atoms with Gasteiger partial charge in [0.1, 0.15) is 5.75 Å². The van der Waals surface area contributed by atoms with E-state index >= 15 is 0 Å². The van der Waals surface area contributed by atoms with Gasteiger partial charge in [-0.05, 0) is 50.2 Å². The van der Waals surface area contributed by atoms with Crippen LogP contribution in [0.5, 0.6) is 5.75 Å². The molecule has 1 aliphatic carbocycles. The molecule has 7 heteroatoms. The van der Waals surface area contributed by atoms with E-state index in [1.165, 1.54) is 0 Å². The molecule has 1 N–H and O–H groups in total. The molecule has 1 saturated heterocycles. The minimum Gasteiger partial charge on any atom is -0.496 e. The average Bonchev–Trinajstić information content (AvgIpc) is 3.31. The summed E-state index contributed by atoms with van der Waals surface area (Å²) >= 11 is 0. The second-order valence-electron chi connectivity index (χ2n) is 7.82. The van der Waals surface area contributed by atoms with Crippen molar-refractivity contribution in [3.63, 3.8) is 0 Å². The molecule has 1 amide bonds. The first kappa shape index (κ1) is 18.9. The van der Waals surface area contributed by atoms with E-state index < -0.39 is 5.60 Å². The highest BCUT2D eigenvalue weighted by Gasteiger charge is 2.48. The third kappa shape index (κ3) is 4.04. The van der Waals surface area contributed by atoms with Crippen molar-refractivity contribution in [1.82, 2.24) is 15.0 Å². The lowest BCUT2D eigenvalue weighted by Gasteiger charge is -2.34. The Morgan fingerprint density at radius 2 is 2.07 bits per heavy atom. The topological polar surface area (TPSA) is 88.7 Å². The number of rotatable bonds is 7. The van der Waals surface area contributed by atoms with E-state index in [1.807, 2.05) is 29.2 Å². The summed E-state index contributed by atoms with van der Waals surface area (Å²) in [4.78, 5) is 18.8. The molecule has 2 heterocycles. The van der Waals surface area contributed by atoms with Crippen LogP contribution < -0.4 is 4.74 Å². The van der Waals surface area contributed by atoms with Crippen molar-refractivity contribution in [2.75, 3.05) is 20.2 Å². The molecule has 0 radical (unpaired) electrons. The number of hydrogen-bond acceptors (Lipinski definition) is 6. The average molecular weight is 385 g/mol. The Kier molecular flexibility index (Phi) is 5.35. The quantitative estimate of drug-likeness (QED) is 0.788. The Morgan fingerprint density at radius 3 is 2.79 bits per heavy atom. The van der Waals surface area contributed by atoms with Gasteiger partial charge in [0.25, 0.3) is 0 Å². The van der Waals surface area contributed by atoms with Gasteiger partial charge in [-0.2, -0.15) is 4.98 Å². The second kappa shape index (κ2) is 7.91. The highest BCUT2D eigenvalue weighted by molar-refractivity contribution is 5.76. The molecule has 7 nitrogen and oxygen atoms in total. The summed E-state index contributed by atoms with van der Waals surface area (Å²) in [7, 11) is 1.61. The molecule has 4 rings (SSSR count). The van der Waals surface area contributed by atoms with E-state index in [4.69, 9.17) is 9.26 Å². The molecule has 0 bridgehead atoms. The van der Waals surface area contributed by atoms with Gasteiger partial charge >= 0.3 is 0 Å². The normalized spacial score (nSPS) is 18.9. The number of hydrogen-bond donors (Lipinski definition) is 1. The van der Waals surface area contributed by atoms with Crippen molar-refractivity contribution in [2.24, 2.45) is 5.92 Å². The molecule has 150 valence electrons. The first-order chi connectivity index (χ1) is 13.6. The minimum absolute atomic E-state index is 0.172. The number of methoxy groups -OCH3 is 1. The first-order valence-corrected chi connectivity index (χ1v) is 10.1. The highest BCUT2D eigenvalue weighted by atomic mass is 16.5. The molecular formula is C21H27N3O4.